The van der Waals surface area contributed by atoms with Gasteiger partial charge in [-0.25, -0.2) is 8.42 Å². The van der Waals surface area contributed by atoms with E-state index in [1.165, 1.54) is 0 Å². The Morgan fingerprint density at radius 3 is 2.72 bits per heavy atom. The Hall–Kier alpha value is -0.620. The van der Waals surface area contributed by atoms with E-state index in [0.717, 1.165) is 12.1 Å². The largest absolute Gasteiger partial charge is 0.301 e. The summed E-state index contributed by atoms with van der Waals surface area (Å²) < 4.78 is 25.9. The number of aromatic amines is 1. The molecule has 1 atom stereocenters. The Bertz CT molecular complexity index is 598. The molecule has 0 amide bonds. The third-order valence-corrected chi connectivity index (χ3v) is 5.61. The van der Waals surface area contributed by atoms with Gasteiger partial charge in [0, 0.05) is 5.69 Å². The lowest BCUT2D eigenvalue weighted by molar-refractivity contribution is 0.322. The molecule has 102 valence electrons. The highest BCUT2D eigenvalue weighted by Gasteiger charge is 2.40. The number of aromatic nitrogens is 2. The van der Waals surface area contributed by atoms with Gasteiger partial charge in [0.25, 0.3) is 0 Å². The van der Waals surface area contributed by atoms with Crippen LogP contribution in [0.3, 0.4) is 0 Å². The predicted octanol–water partition coefficient (Wildman–Crippen LogP) is 2.28. The maximum absolute atomic E-state index is 11.7. The van der Waals surface area contributed by atoms with E-state index in [4.69, 9.17) is 12.2 Å². The summed E-state index contributed by atoms with van der Waals surface area (Å²) in [6.45, 7) is 6.26. The second kappa shape index (κ2) is 4.49. The molecule has 1 unspecified atom stereocenters. The zero-order valence-electron chi connectivity index (χ0n) is 11.1. The molecule has 0 aromatic carbocycles. The van der Waals surface area contributed by atoms with Crippen LogP contribution < -0.4 is 0 Å². The summed E-state index contributed by atoms with van der Waals surface area (Å²) in [5.41, 5.74) is 0.672. The molecule has 2 heterocycles. The maximum atomic E-state index is 11.7. The minimum absolute atomic E-state index is 0.177. The number of rotatable bonds is 3. The third-order valence-electron chi connectivity index (χ3n) is 3.42. The highest BCUT2D eigenvalue weighted by molar-refractivity contribution is 7.91. The van der Waals surface area contributed by atoms with Crippen molar-refractivity contribution >= 4 is 22.1 Å². The quantitative estimate of drug-likeness (QED) is 0.868. The Kier molecular flexibility index (Phi) is 3.44. The molecule has 1 aromatic heterocycles. The summed E-state index contributed by atoms with van der Waals surface area (Å²) in [6, 6.07) is 1.95. The zero-order chi connectivity index (χ0) is 13.6. The van der Waals surface area contributed by atoms with Crippen LogP contribution in [0.25, 0.3) is 0 Å². The predicted molar refractivity (Wildman–Crippen MR) is 75.1 cm³/mol. The lowest BCUT2D eigenvalue weighted by Crippen LogP contribution is -2.32. The summed E-state index contributed by atoms with van der Waals surface area (Å²) in [5, 5.41) is 3.28. The number of nitrogens with one attached hydrogen (secondary N) is 1. The molecular weight excluding hydrogens is 268 g/mol. The van der Waals surface area contributed by atoms with E-state index in [1.807, 2.05) is 17.7 Å². The van der Waals surface area contributed by atoms with Gasteiger partial charge in [0.15, 0.2) is 9.84 Å². The molecule has 1 aliphatic rings. The van der Waals surface area contributed by atoms with Gasteiger partial charge in [0.1, 0.15) is 4.64 Å². The molecule has 0 spiro atoms. The van der Waals surface area contributed by atoms with Gasteiger partial charge in [0.2, 0.25) is 0 Å². The Morgan fingerprint density at radius 1 is 1.56 bits per heavy atom. The molecule has 2 rings (SSSR count). The Morgan fingerprint density at radius 2 is 2.22 bits per heavy atom. The molecule has 1 aliphatic heterocycles. The summed E-state index contributed by atoms with van der Waals surface area (Å²) in [7, 11) is -2.92. The molecule has 0 radical (unpaired) electrons. The zero-order valence-corrected chi connectivity index (χ0v) is 12.7. The number of H-pyrrole nitrogens is 1. The van der Waals surface area contributed by atoms with Gasteiger partial charge in [0.05, 0.1) is 17.0 Å². The molecule has 18 heavy (non-hydrogen) atoms. The summed E-state index contributed by atoms with van der Waals surface area (Å²) in [6.07, 6.45) is 1.56. The van der Waals surface area contributed by atoms with Gasteiger partial charge in [-0.05, 0) is 31.7 Å². The highest BCUT2D eigenvalue weighted by Crippen LogP contribution is 2.30. The molecule has 6 heteroatoms. The first-order valence-corrected chi connectivity index (χ1v) is 8.47. The van der Waals surface area contributed by atoms with E-state index in [1.54, 1.807) is 0 Å². The van der Waals surface area contributed by atoms with Gasteiger partial charge < -0.3 is 5.10 Å². The first-order valence-electron chi connectivity index (χ1n) is 6.24. The van der Waals surface area contributed by atoms with E-state index in [0.29, 0.717) is 17.0 Å². The van der Waals surface area contributed by atoms with Crippen LogP contribution in [0.2, 0.25) is 0 Å². The van der Waals surface area contributed by atoms with E-state index < -0.39 is 15.4 Å². The molecule has 1 N–H and O–H groups in total. The van der Waals surface area contributed by atoms with Crippen molar-refractivity contribution in [1.29, 1.82) is 0 Å². The fraction of sp³-hybridized carbons (Fsp3) is 0.750. The fourth-order valence-corrected chi connectivity index (χ4v) is 5.08. The van der Waals surface area contributed by atoms with Crippen LogP contribution in [0, 0.1) is 10.6 Å². The van der Waals surface area contributed by atoms with Crippen LogP contribution in [0.5, 0.6) is 0 Å². The van der Waals surface area contributed by atoms with E-state index in [2.05, 4.69) is 18.9 Å². The van der Waals surface area contributed by atoms with Crippen molar-refractivity contribution < 1.29 is 8.42 Å². The summed E-state index contributed by atoms with van der Waals surface area (Å²) in [4.78, 5) is 0. The number of hydrogen-bond acceptors (Lipinski definition) is 3. The summed E-state index contributed by atoms with van der Waals surface area (Å²) in [5.74, 6) is 0.978. The topological polar surface area (TPSA) is 54.9 Å². The molecule has 0 bridgehead atoms. The highest BCUT2D eigenvalue weighted by atomic mass is 32.2. The number of nitrogens with zero attached hydrogens (tertiary/aromatic N) is 1. The van der Waals surface area contributed by atoms with Crippen molar-refractivity contribution in [3.63, 3.8) is 0 Å². The standard InChI is InChI=1S/C12H20N2O2S2/c1-9(2)6-10-7-11(17)14(13-10)12(3)4-5-18(15,16)8-12/h7,9,13H,4-6,8H2,1-3H3. The van der Waals surface area contributed by atoms with Crippen LogP contribution in [-0.2, 0) is 21.8 Å². The van der Waals surface area contributed by atoms with Crippen LogP contribution in [-0.4, -0.2) is 29.7 Å². The maximum Gasteiger partial charge on any atom is 0.152 e. The molecule has 4 nitrogen and oxygen atoms in total. The Balaban J connectivity index is 2.35. The van der Waals surface area contributed by atoms with Gasteiger partial charge in [-0.15, -0.1) is 0 Å². The molecule has 0 saturated carbocycles. The molecule has 1 saturated heterocycles. The summed E-state index contributed by atoms with van der Waals surface area (Å²) >= 11 is 5.35. The first kappa shape index (κ1) is 13.8. The van der Waals surface area contributed by atoms with Crippen molar-refractivity contribution in [2.75, 3.05) is 11.5 Å². The lowest BCUT2D eigenvalue weighted by atomic mass is 10.0. The minimum Gasteiger partial charge on any atom is -0.301 e. The van der Waals surface area contributed by atoms with Crippen LogP contribution in [0.15, 0.2) is 6.07 Å². The van der Waals surface area contributed by atoms with Crippen molar-refractivity contribution in [3.05, 3.63) is 16.4 Å². The smallest absolute Gasteiger partial charge is 0.152 e. The second-order valence-corrected chi connectivity index (χ2v) is 8.49. The van der Waals surface area contributed by atoms with Gasteiger partial charge in [-0.2, -0.15) is 0 Å². The average Bonchev–Trinajstić information content (AvgIpc) is 2.68. The van der Waals surface area contributed by atoms with Gasteiger partial charge >= 0.3 is 0 Å². The molecule has 0 aliphatic carbocycles. The van der Waals surface area contributed by atoms with Crippen LogP contribution >= 0.6 is 12.2 Å². The van der Waals surface area contributed by atoms with E-state index in [9.17, 15) is 8.42 Å². The average molecular weight is 288 g/mol. The number of sulfone groups is 1. The van der Waals surface area contributed by atoms with Crippen molar-refractivity contribution in [2.24, 2.45) is 5.92 Å². The minimum atomic E-state index is -2.92. The first-order chi connectivity index (χ1) is 8.22. The third kappa shape index (κ3) is 2.69. The van der Waals surface area contributed by atoms with Gasteiger partial charge in [-0.3, -0.25) is 4.68 Å². The molecule has 1 aromatic rings. The van der Waals surface area contributed by atoms with Crippen LogP contribution in [0.1, 0.15) is 32.9 Å². The molecule has 1 fully saturated rings. The van der Waals surface area contributed by atoms with Gasteiger partial charge in [-0.1, -0.05) is 26.1 Å². The number of hydrogen-bond donors (Lipinski definition) is 1. The van der Waals surface area contributed by atoms with Crippen molar-refractivity contribution in [1.82, 2.24) is 9.78 Å². The van der Waals surface area contributed by atoms with E-state index >= 15 is 0 Å². The van der Waals surface area contributed by atoms with Crippen LogP contribution in [0.4, 0.5) is 0 Å². The fourth-order valence-electron chi connectivity index (χ4n) is 2.56. The normalized spacial score (nSPS) is 26.9. The molecular formula is C12H20N2O2S2. The van der Waals surface area contributed by atoms with Crippen molar-refractivity contribution in [3.8, 4) is 0 Å². The van der Waals surface area contributed by atoms with E-state index in [-0.39, 0.29) is 11.5 Å². The lowest BCUT2D eigenvalue weighted by Gasteiger charge is -2.24. The monoisotopic (exact) mass is 288 g/mol. The Labute approximate surface area is 113 Å². The SMILES string of the molecule is CC(C)Cc1cc(=S)n(C2(C)CCS(=O)(=O)C2)[nH]1. The van der Waals surface area contributed by atoms with Crippen molar-refractivity contribution in [2.45, 2.75) is 39.2 Å². The second-order valence-electron chi connectivity index (χ2n) is 5.89.